The van der Waals surface area contributed by atoms with E-state index in [4.69, 9.17) is 0 Å². The van der Waals surface area contributed by atoms with Gasteiger partial charge in [0.2, 0.25) is 5.91 Å². The van der Waals surface area contributed by atoms with Crippen molar-refractivity contribution in [3.8, 4) is 0 Å². The Labute approximate surface area is 120 Å². The highest BCUT2D eigenvalue weighted by Gasteiger charge is 2.66. The molecule has 0 aromatic carbocycles. The molecule has 2 rings (SSSR count). The standard InChI is InChI=1S/C15H26N2O3/c1-5-17-8-6-7-10(17)9-16(4)13(18)11-12(14(19)20)15(11,2)3/h10-12H,5-9H2,1-4H3,(H,19,20). The molecule has 0 spiro atoms. The minimum absolute atomic E-state index is 0.00893. The number of hydrogen-bond acceptors (Lipinski definition) is 3. The zero-order chi connectivity index (χ0) is 15.1. The third-order valence-corrected chi connectivity index (χ3v) is 5.13. The Kier molecular flexibility index (Phi) is 4.09. The van der Waals surface area contributed by atoms with Gasteiger partial charge in [0.1, 0.15) is 0 Å². The SMILES string of the molecule is CCN1CCCC1CN(C)C(=O)C1C(C(=O)O)C1(C)C. The van der Waals surface area contributed by atoms with E-state index in [9.17, 15) is 14.7 Å². The lowest BCUT2D eigenvalue weighted by molar-refractivity contribution is -0.141. The van der Waals surface area contributed by atoms with E-state index in [1.165, 1.54) is 6.42 Å². The molecule has 2 aliphatic rings. The number of carboxylic acids is 1. The lowest BCUT2D eigenvalue weighted by atomic mass is 10.1. The topological polar surface area (TPSA) is 60.9 Å². The van der Waals surface area contributed by atoms with E-state index in [1.807, 2.05) is 20.9 Å². The maximum absolute atomic E-state index is 12.5. The fourth-order valence-electron chi connectivity index (χ4n) is 3.72. The molecule has 5 heteroatoms. The summed E-state index contributed by atoms with van der Waals surface area (Å²) in [5.74, 6) is -1.74. The van der Waals surface area contributed by atoms with Gasteiger partial charge in [-0.15, -0.1) is 0 Å². The predicted molar refractivity (Wildman–Crippen MR) is 76.3 cm³/mol. The van der Waals surface area contributed by atoms with Crippen molar-refractivity contribution in [2.45, 2.75) is 39.7 Å². The molecule has 0 aromatic rings. The summed E-state index contributed by atoms with van der Waals surface area (Å²) >= 11 is 0. The number of likely N-dealkylation sites (tertiary alicyclic amines) is 1. The molecule has 1 saturated heterocycles. The molecule has 114 valence electrons. The van der Waals surface area contributed by atoms with Crippen molar-refractivity contribution >= 4 is 11.9 Å². The van der Waals surface area contributed by atoms with Crippen LogP contribution in [-0.2, 0) is 9.59 Å². The van der Waals surface area contributed by atoms with Crippen molar-refractivity contribution in [1.82, 2.24) is 9.80 Å². The van der Waals surface area contributed by atoms with E-state index in [0.717, 1.165) is 19.5 Å². The second-order valence-electron chi connectivity index (χ2n) is 6.76. The van der Waals surface area contributed by atoms with E-state index in [-0.39, 0.29) is 11.8 Å². The number of nitrogens with zero attached hydrogens (tertiary/aromatic N) is 2. The third kappa shape index (κ3) is 2.55. The first-order chi connectivity index (χ1) is 9.30. The molecule has 1 amide bonds. The Morgan fingerprint density at radius 2 is 2.00 bits per heavy atom. The molecule has 0 bridgehead atoms. The van der Waals surface area contributed by atoms with Gasteiger partial charge in [-0.3, -0.25) is 14.5 Å². The zero-order valence-electron chi connectivity index (χ0n) is 12.9. The minimum Gasteiger partial charge on any atom is -0.481 e. The molecule has 1 heterocycles. The third-order valence-electron chi connectivity index (χ3n) is 5.13. The van der Waals surface area contributed by atoms with Crippen LogP contribution in [0.25, 0.3) is 0 Å². The van der Waals surface area contributed by atoms with Gasteiger partial charge in [-0.1, -0.05) is 20.8 Å². The number of carboxylic acid groups (broad SMARTS) is 1. The molecule has 3 atom stereocenters. The van der Waals surface area contributed by atoms with E-state index < -0.39 is 17.3 Å². The van der Waals surface area contributed by atoms with E-state index >= 15 is 0 Å². The summed E-state index contributed by atoms with van der Waals surface area (Å²) in [7, 11) is 1.81. The van der Waals surface area contributed by atoms with Crippen molar-refractivity contribution in [1.29, 1.82) is 0 Å². The van der Waals surface area contributed by atoms with Crippen molar-refractivity contribution < 1.29 is 14.7 Å². The first kappa shape index (κ1) is 15.3. The van der Waals surface area contributed by atoms with E-state index in [1.54, 1.807) is 4.90 Å². The molecule has 0 aromatic heterocycles. The van der Waals surface area contributed by atoms with Crippen LogP contribution in [0.5, 0.6) is 0 Å². The molecule has 1 N–H and O–H groups in total. The Hall–Kier alpha value is -1.10. The number of carbonyl (C=O) groups excluding carboxylic acids is 1. The maximum Gasteiger partial charge on any atom is 0.307 e. The Bertz CT molecular complexity index is 408. The van der Waals surface area contributed by atoms with Crippen LogP contribution in [0.2, 0.25) is 0 Å². The Morgan fingerprint density at radius 3 is 2.50 bits per heavy atom. The van der Waals surface area contributed by atoms with Crippen LogP contribution in [0.1, 0.15) is 33.6 Å². The van der Waals surface area contributed by atoms with Gasteiger partial charge in [0.05, 0.1) is 11.8 Å². The summed E-state index contributed by atoms with van der Waals surface area (Å²) in [4.78, 5) is 27.8. The predicted octanol–water partition coefficient (Wildman–Crippen LogP) is 1.29. The molecule has 3 unspecified atom stereocenters. The van der Waals surface area contributed by atoms with Crippen LogP contribution in [0.15, 0.2) is 0 Å². The molecule has 2 fully saturated rings. The van der Waals surface area contributed by atoms with Gasteiger partial charge in [0.25, 0.3) is 0 Å². The van der Waals surface area contributed by atoms with Gasteiger partial charge >= 0.3 is 5.97 Å². The number of hydrogen-bond donors (Lipinski definition) is 1. The van der Waals surface area contributed by atoms with Crippen LogP contribution in [-0.4, -0.2) is 59.5 Å². The van der Waals surface area contributed by atoms with Crippen LogP contribution in [0.3, 0.4) is 0 Å². The number of aliphatic carboxylic acids is 1. The van der Waals surface area contributed by atoms with Gasteiger partial charge < -0.3 is 10.0 Å². The van der Waals surface area contributed by atoms with Crippen molar-refractivity contribution in [3.05, 3.63) is 0 Å². The average Bonchev–Trinajstić information content (AvgIpc) is 2.72. The monoisotopic (exact) mass is 282 g/mol. The molecular formula is C15H26N2O3. The quantitative estimate of drug-likeness (QED) is 0.825. The average molecular weight is 282 g/mol. The number of carbonyl (C=O) groups is 2. The first-order valence-corrected chi connectivity index (χ1v) is 7.52. The molecule has 1 saturated carbocycles. The summed E-state index contributed by atoms with van der Waals surface area (Å²) in [5.41, 5.74) is -0.405. The van der Waals surface area contributed by atoms with Gasteiger partial charge in [-0.2, -0.15) is 0 Å². The molecule has 1 aliphatic carbocycles. The minimum atomic E-state index is -0.849. The van der Waals surface area contributed by atoms with E-state index in [2.05, 4.69) is 11.8 Å². The molecule has 0 radical (unpaired) electrons. The van der Waals surface area contributed by atoms with Gasteiger partial charge in [-0.05, 0) is 31.3 Å². The van der Waals surface area contributed by atoms with Crippen molar-refractivity contribution in [3.63, 3.8) is 0 Å². The van der Waals surface area contributed by atoms with Gasteiger partial charge in [0, 0.05) is 19.6 Å². The number of amides is 1. The normalized spacial score (nSPS) is 32.1. The fourth-order valence-corrected chi connectivity index (χ4v) is 3.72. The largest absolute Gasteiger partial charge is 0.481 e. The maximum atomic E-state index is 12.5. The summed E-state index contributed by atoms with van der Waals surface area (Å²) in [6, 6.07) is 0.430. The number of rotatable bonds is 5. The first-order valence-electron chi connectivity index (χ1n) is 7.52. The Balaban J connectivity index is 1.95. The number of likely N-dealkylation sites (N-methyl/N-ethyl adjacent to an activating group) is 2. The highest BCUT2D eigenvalue weighted by atomic mass is 16.4. The smallest absolute Gasteiger partial charge is 0.307 e. The van der Waals surface area contributed by atoms with Gasteiger partial charge in [-0.25, -0.2) is 0 Å². The lowest BCUT2D eigenvalue weighted by Gasteiger charge is -2.28. The van der Waals surface area contributed by atoms with Crippen LogP contribution in [0.4, 0.5) is 0 Å². The summed E-state index contributed by atoms with van der Waals surface area (Å²) in [5, 5.41) is 9.18. The van der Waals surface area contributed by atoms with Crippen LogP contribution >= 0.6 is 0 Å². The highest BCUT2D eigenvalue weighted by molar-refractivity contribution is 5.91. The summed E-state index contributed by atoms with van der Waals surface area (Å²) in [6.45, 7) is 8.72. The Morgan fingerprint density at radius 1 is 1.35 bits per heavy atom. The van der Waals surface area contributed by atoms with Crippen LogP contribution < -0.4 is 0 Å². The molecular weight excluding hydrogens is 256 g/mol. The zero-order valence-corrected chi connectivity index (χ0v) is 12.9. The van der Waals surface area contributed by atoms with Crippen molar-refractivity contribution in [2.24, 2.45) is 17.3 Å². The molecule has 1 aliphatic heterocycles. The van der Waals surface area contributed by atoms with Crippen LogP contribution in [0, 0.1) is 17.3 Å². The molecule has 5 nitrogen and oxygen atoms in total. The second-order valence-corrected chi connectivity index (χ2v) is 6.76. The summed E-state index contributed by atoms with van der Waals surface area (Å²) in [6.07, 6.45) is 2.31. The van der Waals surface area contributed by atoms with Gasteiger partial charge in [0.15, 0.2) is 0 Å². The summed E-state index contributed by atoms with van der Waals surface area (Å²) < 4.78 is 0. The fraction of sp³-hybridized carbons (Fsp3) is 0.867. The highest BCUT2D eigenvalue weighted by Crippen LogP contribution is 2.58. The molecule has 20 heavy (non-hydrogen) atoms. The second kappa shape index (κ2) is 5.35. The van der Waals surface area contributed by atoms with Crippen molar-refractivity contribution in [2.75, 3.05) is 26.7 Å². The van der Waals surface area contributed by atoms with E-state index in [0.29, 0.717) is 12.6 Å². The lowest BCUT2D eigenvalue weighted by Crippen LogP contribution is -2.42.